The van der Waals surface area contributed by atoms with Gasteiger partial charge in [0.1, 0.15) is 0 Å². The number of carbonyl (C=O) groups is 2. The van der Waals surface area contributed by atoms with Crippen LogP contribution in [0.15, 0.2) is 41.2 Å². The van der Waals surface area contributed by atoms with Crippen molar-refractivity contribution in [2.24, 2.45) is 5.73 Å². The molecule has 0 atom stereocenters. The van der Waals surface area contributed by atoms with Crippen LogP contribution < -0.4 is 16.4 Å². The highest BCUT2D eigenvalue weighted by Crippen LogP contribution is 2.28. The molecule has 1 aromatic carbocycles. The molecule has 0 aliphatic carbocycles. The summed E-state index contributed by atoms with van der Waals surface area (Å²) in [5.74, 6) is 0. The molecular weight excluding hydrogens is 346 g/mol. The van der Waals surface area contributed by atoms with Crippen molar-refractivity contribution in [3.63, 3.8) is 0 Å². The largest absolute Gasteiger partial charge is 0.372 e. The van der Waals surface area contributed by atoms with Gasteiger partial charge in [-0.2, -0.15) is 0 Å². The van der Waals surface area contributed by atoms with Gasteiger partial charge >= 0.3 is 6.03 Å². The monoisotopic (exact) mass is 369 g/mol. The molecule has 8 heteroatoms. The molecule has 3 rings (SSSR count). The molecule has 0 spiro atoms. The number of primary amides is 1. The van der Waals surface area contributed by atoms with Crippen LogP contribution in [0.2, 0.25) is 0 Å². The van der Waals surface area contributed by atoms with E-state index in [0.29, 0.717) is 17.8 Å². The molecule has 2 heterocycles. The van der Waals surface area contributed by atoms with Crippen LogP contribution in [-0.2, 0) is 24.2 Å². The Balaban J connectivity index is 0.000000817. The molecule has 0 unspecified atom stereocenters. The van der Waals surface area contributed by atoms with Crippen LogP contribution in [0.25, 0.3) is 11.0 Å². The minimum Gasteiger partial charge on any atom is -0.372 e. The first kappa shape index (κ1) is 19.9. The maximum atomic E-state index is 12.1. The van der Waals surface area contributed by atoms with Gasteiger partial charge in [0.25, 0.3) is 0 Å². The summed E-state index contributed by atoms with van der Waals surface area (Å²) >= 11 is 0. The van der Waals surface area contributed by atoms with E-state index < -0.39 is 0 Å². The number of hydrogen-bond donors (Lipinski definition) is 3. The summed E-state index contributed by atoms with van der Waals surface area (Å²) in [6.45, 7) is 4.57. The Kier molecular flexibility index (Phi) is 7.30. The molecule has 0 aliphatic rings. The van der Waals surface area contributed by atoms with Crippen LogP contribution in [0.4, 0.5) is 10.5 Å². The van der Waals surface area contributed by atoms with Gasteiger partial charge in [0.2, 0.25) is 6.41 Å². The predicted octanol–water partition coefficient (Wildman–Crippen LogP) is 2.77. The minimum atomic E-state index is -0.261. The molecule has 0 saturated heterocycles. The fourth-order valence-electron chi connectivity index (χ4n) is 2.67. The second-order valence-electron chi connectivity index (χ2n) is 5.64. The van der Waals surface area contributed by atoms with E-state index in [4.69, 9.17) is 9.32 Å². The average Bonchev–Trinajstić information content (AvgIpc) is 3.10. The molecule has 142 valence electrons. The summed E-state index contributed by atoms with van der Waals surface area (Å²) in [7, 11) is 0. The number of hydrogen-bond acceptors (Lipinski definition) is 5. The lowest BCUT2D eigenvalue weighted by Crippen LogP contribution is -2.28. The maximum Gasteiger partial charge on any atom is 0.319 e. The number of nitrogens with two attached hydrogens (primary N) is 1. The van der Waals surface area contributed by atoms with Crippen LogP contribution in [0, 0.1) is 0 Å². The summed E-state index contributed by atoms with van der Waals surface area (Å²) in [6, 6.07) is 7.26. The van der Waals surface area contributed by atoms with Crippen LogP contribution in [0.1, 0.15) is 30.7 Å². The lowest BCUT2D eigenvalue weighted by Gasteiger charge is -2.09. The van der Waals surface area contributed by atoms with Gasteiger partial charge in [-0.15, -0.1) is 0 Å². The average molecular weight is 369 g/mol. The van der Waals surface area contributed by atoms with E-state index in [2.05, 4.69) is 40.4 Å². The number of nitrogens with one attached hydrogen (secondary N) is 2. The Morgan fingerprint density at radius 3 is 2.56 bits per heavy atom. The second kappa shape index (κ2) is 9.91. The van der Waals surface area contributed by atoms with E-state index in [1.807, 2.05) is 24.3 Å². The zero-order chi connectivity index (χ0) is 19.6. The van der Waals surface area contributed by atoms with E-state index in [1.54, 1.807) is 12.4 Å². The van der Waals surface area contributed by atoms with E-state index >= 15 is 0 Å². The number of aromatic nitrogens is 2. The van der Waals surface area contributed by atoms with E-state index in [9.17, 15) is 4.79 Å². The number of fused-ring (bicyclic) bond motifs is 1. The van der Waals surface area contributed by atoms with E-state index in [-0.39, 0.29) is 12.4 Å². The lowest BCUT2D eigenvalue weighted by atomic mass is 10.0. The number of aryl methyl sites for hydroxylation is 2. The highest BCUT2D eigenvalue weighted by Gasteiger charge is 2.13. The molecule has 0 bridgehead atoms. The summed E-state index contributed by atoms with van der Waals surface area (Å²) in [5.41, 5.74) is 8.64. The van der Waals surface area contributed by atoms with Crippen LogP contribution in [0.3, 0.4) is 0 Å². The first-order valence-electron chi connectivity index (χ1n) is 8.63. The zero-order valence-corrected chi connectivity index (χ0v) is 15.4. The predicted molar refractivity (Wildman–Crippen MR) is 103 cm³/mol. The molecule has 3 aromatic rings. The van der Waals surface area contributed by atoms with E-state index in [0.717, 1.165) is 35.0 Å². The van der Waals surface area contributed by atoms with Gasteiger partial charge in [0, 0.05) is 36.1 Å². The fourth-order valence-corrected chi connectivity index (χ4v) is 2.67. The highest BCUT2D eigenvalue weighted by atomic mass is 16.5. The van der Waals surface area contributed by atoms with Crippen LogP contribution >= 0.6 is 0 Å². The Bertz CT molecular complexity index is 893. The number of carbonyl (C=O) groups excluding carboxylic acids is 2. The molecular formula is C19H23N5O3. The third kappa shape index (κ3) is 5.27. The van der Waals surface area contributed by atoms with Gasteiger partial charge in [-0.05, 0) is 42.2 Å². The number of urea groups is 1. The molecule has 0 fully saturated rings. The molecule has 0 radical (unpaired) electrons. The van der Waals surface area contributed by atoms with Crippen molar-refractivity contribution in [2.45, 2.75) is 33.2 Å². The van der Waals surface area contributed by atoms with E-state index in [1.165, 1.54) is 0 Å². The maximum absolute atomic E-state index is 12.1. The topological polar surface area (TPSA) is 123 Å². The SMILES string of the molecule is CCc1cc(NC(=O)NCc2ccncc2)cc2onc(CC)c12.NC=O. The number of amides is 3. The van der Waals surface area contributed by atoms with Crippen molar-refractivity contribution < 1.29 is 14.1 Å². The highest BCUT2D eigenvalue weighted by molar-refractivity contribution is 5.94. The van der Waals surface area contributed by atoms with Gasteiger partial charge in [-0.1, -0.05) is 19.0 Å². The normalized spacial score (nSPS) is 10.0. The zero-order valence-electron chi connectivity index (χ0n) is 15.4. The van der Waals surface area contributed by atoms with Crippen LogP contribution in [0.5, 0.6) is 0 Å². The van der Waals surface area contributed by atoms with Crippen molar-refractivity contribution in [1.29, 1.82) is 0 Å². The molecule has 3 amide bonds. The van der Waals surface area contributed by atoms with Crippen molar-refractivity contribution in [3.05, 3.63) is 53.5 Å². The number of anilines is 1. The summed E-state index contributed by atoms with van der Waals surface area (Å²) < 4.78 is 5.41. The number of benzene rings is 1. The van der Waals surface area contributed by atoms with Crippen molar-refractivity contribution >= 4 is 29.1 Å². The minimum absolute atomic E-state index is 0.250. The Hall–Kier alpha value is -3.42. The lowest BCUT2D eigenvalue weighted by molar-refractivity contribution is -0.106. The molecule has 27 heavy (non-hydrogen) atoms. The van der Waals surface area contributed by atoms with Gasteiger partial charge < -0.3 is 20.9 Å². The Morgan fingerprint density at radius 1 is 1.22 bits per heavy atom. The standard InChI is InChI=1S/C18H20N4O2.CH3NO/c1-3-13-9-14(10-16-17(13)15(4-2)22-24-16)21-18(23)20-11-12-5-7-19-8-6-12;2-1-3/h5-10H,3-4,11H2,1-2H3,(H2,20,21,23);1H,(H2,2,3). The Labute approximate surface area is 157 Å². The first-order chi connectivity index (χ1) is 13.1. The fraction of sp³-hybridized carbons (Fsp3) is 0.263. The quantitative estimate of drug-likeness (QED) is 0.597. The molecule has 0 aliphatic heterocycles. The van der Waals surface area contributed by atoms with Crippen molar-refractivity contribution in [3.8, 4) is 0 Å². The summed E-state index contributed by atoms with van der Waals surface area (Å²) in [4.78, 5) is 24.6. The number of rotatable bonds is 5. The Morgan fingerprint density at radius 2 is 1.93 bits per heavy atom. The van der Waals surface area contributed by atoms with Gasteiger partial charge in [-0.25, -0.2) is 4.79 Å². The third-order valence-electron chi connectivity index (χ3n) is 3.90. The molecule has 0 saturated carbocycles. The smallest absolute Gasteiger partial charge is 0.319 e. The second-order valence-corrected chi connectivity index (χ2v) is 5.64. The van der Waals surface area contributed by atoms with Crippen molar-refractivity contribution in [1.82, 2.24) is 15.5 Å². The third-order valence-corrected chi connectivity index (χ3v) is 3.90. The van der Waals surface area contributed by atoms with Gasteiger partial charge in [0.15, 0.2) is 5.58 Å². The molecule has 2 aromatic heterocycles. The molecule has 8 nitrogen and oxygen atoms in total. The summed E-state index contributed by atoms with van der Waals surface area (Å²) in [5, 5.41) is 10.8. The van der Waals surface area contributed by atoms with Gasteiger partial charge in [0.05, 0.1) is 5.69 Å². The number of pyridine rings is 1. The first-order valence-corrected chi connectivity index (χ1v) is 8.63. The van der Waals surface area contributed by atoms with Crippen molar-refractivity contribution in [2.75, 3.05) is 5.32 Å². The van der Waals surface area contributed by atoms with Gasteiger partial charge in [-0.3, -0.25) is 9.78 Å². The summed E-state index contributed by atoms with van der Waals surface area (Å²) in [6.07, 6.45) is 5.31. The van der Waals surface area contributed by atoms with Crippen LogP contribution in [-0.4, -0.2) is 22.6 Å². The molecule has 4 N–H and O–H groups in total. The number of nitrogens with zero attached hydrogens (tertiary/aromatic N) is 2.